The molecule has 0 amide bonds. The highest BCUT2D eigenvalue weighted by atomic mass is 16.3. The third-order valence-corrected chi connectivity index (χ3v) is 5.10. The lowest BCUT2D eigenvalue weighted by molar-refractivity contribution is 0.170. The minimum absolute atomic E-state index is 0.164. The van der Waals surface area contributed by atoms with E-state index in [1.165, 1.54) is 11.1 Å². The molecule has 5 nitrogen and oxygen atoms in total. The number of benzene rings is 2. The average Bonchev–Trinajstić information content (AvgIpc) is 2.76. The van der Waals surface area contributed by atoms with E-state index < -0.39 is 0 Å². The molecule has 0 aliphatic heterocycles. The molecule has 0 aliphatic rings. The van der Waals surface area contributed by atoms with E-state index in [2.05, 4.69) is 58.9 Å². The van der Waals surface area contributed by atoms with Crippen LogP contribution >= 0.6 is 0 Å². The molecule has 2 aromatic rings. The molecule has 0 aromatic heterocycles. The van der Waals surface area contributed by atoms with Crippen LogP contribution in [0.1, 0.15) is 30.5 Å². The molecule has 29 heavy (non-hydrogen) atoms. The Hall–Kier alpha value is -2.63. The molecule has 0 radical (unpaired) electrons. The van der Waals surface area contributed by atoms with Crippen molar-refractivity contribution in [3.63, 3.8) is 0 Å². The summed E-state index contributed by atoms with van der Waals surface area (Å²) in [7, 11) is 3.68. The summed E-state index contributed by atoms with van der Waals surface area (Å²) >= 11 is 0. The Morgan fingerprint density at radius 1 is 1.10 bits per heavy atom. The summed E-state index contributed by atoms with van der Waals surface area (Å²) in [6.45, 7) is 5.34. The molecule has 0 aliphatic carbocycles. The van der Waals surface area contributed by atoms with Crippen molar-refractivity contribution in [1.82, 2.24) is 10.4 Å². The van der Waals surface area contributed by atoms with Crippen LogP contribution in [0, 0.1) is 10.8 Å². The topological polar surface area (TPSA) is 57.1 Å². The van der Waals surface area contributed by atoms with Gasteiger partial charge in [-0.3, -0.25) is 10.4 Å². The second-order valence-electron chi connectivity index (χ2n) is 7.25. The second kappa shape index (κ2) is 12.0. The minimum atomic E-state index is -0.282. The first-order valence-corrected chi connectivity index (χ1v) is 10.1. The zero-order valence-electron chi connectivity index (χ0n) is 17.9. The van der Waals surface area contributed by atoms with E-state index in [0.717, 1.165) is 17.7 Å². The maximum absolute atomic E-state index is 11.5. The van der Waals surface area contributed by atoms with E-state index in [1.807, 2.05) is 49.3 Å². The van der Waals surface area contributed by atoms with E-state index in [-0.39, 0.29) is 12.0 Å². The second-order valence-corrected chi connectivity index (χ2v) is 7.25. The van der Waals surface area contributed by atoms with Gasteiger partial charge in [0.1, 0.15) is 6.04 Å². The summed E-state index contributed by atoms with van der Waals surface area (Å²) in [6, 6.07) is 18.3. The van der Waals surface area contributed by atoms with Crippen molar-refractivity contribution in [2.75, 3.05) is 20.6 Å². The quantitative estimate of drug-likeness (QED) is 0.344. The third-order valence-electron chi connectivity index (χ3n) is 5.10. The van der Waals surface area contributed by atoms with Crippen LogP contribution in [0.5, 0.6) is 0 Å². The highest BCUT2D eigenvalue weighted by Crippen LogP contribution is 2.17. The van der Waals surface area contributed by atoms with E-state index in [9.17, 15) is 4.91 Å². The molecule has 1 N–H and O–H groups in total. The maximum Gasteiger partial charge on any atom is 0.109 e. The molecule has 154 valence electrons. The minimum Gasteiger partial charge on any atom is -0.288 e. The van der Waals surface area contributed by atoms with E-state index >= 15 is 0 Å². The van der Waals surface area contributed by atoms with Crippen LogP contribution < -0.4 is 5.43 Å². The lowest BCUT2D eigenvalue weighted by Crippen LogP contribution is -2.41. The van der Waals surface area contributed by atoms with Crippen LogP contribution in [0.3, 0.4) is 0 Å². The highest BCUT2D eigenvalue weighted by molar-refractivity contribution is 6.08. The Labute approximate surface area is 174 Å². The molecule has 2 unspecified atom stereocenters. The predicted molar refractivity (Wildman–Crippen MR) is 122 cm³/mol. The number of nitrogens with zero attached hydrogens (tertiary/aromatic N) is 3. The SMILES string of the molecule is CC=CC(=NC)c1ccc(CN(CC(N=O)C(C)Cc2ccccc2)NC)cc1. The molecule has 2 atom stereocenters. The number of nitrogens with one attached hydrogen (secondary N) is 1. The van der Waals surface area contributed by atoms with Crippen molar-refractivity contribution < 1.29 is 0 Å². The van der Waals surface area contributed by atoms with Crippen molar-refractivity contribution in [3.05, 3.63) is 88.3 Å². The van der Waals surface area contributed by atoms with Gasteiger partial charge in [0, 0.05) is 20.1 Å². The number of hydrogen-bond acceptors (Lipinski definition) is 5. The van der Waals surface area contributed by atoms with Gasteiger partial charge in [-0.1, -0.05) is 72.8 Å². The fraction of sp³-hybridized carbons (Fsp3) is 0.375. The van der Waals surface area contributed by atoms with Gasteiger partial charge in [0.05, 0.1) is 5.71 Å². The van der Waals surface area contributed by atoms with Crippen LogP contribution in [-0.2, 0) is 13.0 Å². The van der Waals surface area contributed by atoms with Crippen LogP contribution in [0.4, 0.5) is 0 Å². The van der Waals surface area contributed by atoms with Gasteiger partial charge in [0.15, 0.2) is 0 Å². The molecule has 5 heteroatoms. The van der Waals surface area contributed by atoms with Crippen molar-refractivity contribution >= 4 is 5.71 Å². The first kappa shape index (κ1) is 22.7. The summed E-state index contributed by atoms with van der Waals surface area (Å²) in [5.74, 6) is 0.164. The number of hydrogen-bond donors (Lipinski definition) is 1. The number of rotatable bonds is 11. The van der Waals surface area contributed by atoms with Crippen molar-refractivity contribution in [3.8, 4) is 0 Å². The average molecular weight is 393 g/mol. The lowest BCUT2D eigenvalue weighted by atomic mass is 9.94. The Balaban J connectivity index is 2.00. The third kappa shape index (κ3) is 7.04. The van der Waals surface area contributed by atoms with Gasteiger partial charge in [-0.2, -0.15) is 4.91 Å². The first-order chi connectivity index (χ1) is 14.1. The fourth-order valence-electron chi connectivity index (χ4n) is 3.36. The molecular weight excluding hydrogens is 360 g/mol. The Morgan fingerprint density at radius 3 is 2.34 bits per heavy atom. The summed E-state index contributed by atoms with van der Waals surface area (Å²) in [5, 5.41) is 5.47. The van der Waals surface area contributed by atoms with Gasteiger partial charge in [-0.25, -0.2) is 5.01 Å². The van der Waals surface area contributed by atoms with Crippen molar-refractivity contribution in [2.45, 2.75) is 32.9 Å². The molecule has 0 heterocycles. The lowest BCUT2D eigenvalue weighted by Gasteiger charge is -2.26. The molecule has 0 fully saturated rings. The molecule has 0 spiro atoms. The Bertz CT molecular complexity index is 799. The molecule has 0 saturated heterocycles. The van der Waals surface area contributed by atoms with E-state index in [4.69, 9.17) is 0 Å². The van der Waals surface area contributed by atoms with Crippen molar-refractivity contribution in [2.24, 2.45) is 16.1 Å². The molecule has 0 saturated carbocycles. The summed E-state index contributed by atoms with van der Waals surface area (Å²) in [5.41, 5.74) is 7.65. The molecule has 2 rings (SSSR count). The fourth-order valence-corrected chi connectivity index (χ4v) is 3.36. The van der Waals surface area contributed by atoms with Gasteiger partial charge in [-0.15, -0.1) is 0 Å². The van der Waals surface area contributed by atoms with Crippen LogP contribution in [0.25, 0.3) is 0 Å². The normalized spacial score (nSPS) is 14.3. The number of allylic oxidation sites excluding steroid dienone is 2. The van der Waals surface area contributed by atoms with Crippen LogP contribution in [-0.4, -0.2) is 37.4 Å². The van der Waals surface area contributed by atoms with Gasteiger partial charge >= 0.3 is 0 Å². The van der Waals surface area contributed by atoms with Gasteiger partial charge < -0.3 is 0 Å². The van der Waals surface area contributed by atoms with E-state index in [0.29, 0.717) is 13.1 Å². The number of aliphatic imine (C=N–C) groups is 1. The van der Waals surface area contributed by atoms with Crippen LogP contribution in [0.2, 0.25) is 0 Å². The molecule has 2 aromatic carbocycles. The monoisotopic (exact) mass is 392 g/mol. The summed E-state index contributed by atoms with van der Waals surface area (Å²) < 4.78 is 0. The van der Waals surface area contributed by atoms with E-state index in [1.54, 1.807) is 7.05 Å². The Morgan fingerprint density at radius 2 is 1.79 bits per heavy atom. The first-order valence-electron chi connectivity index (χ1n) is 10.1. The van der Waals surface area contributed by atoms with Gasteiger partial charge in [0.25, 0.3) is 0 Å². The summed E-state index contributed by atoms with van der Waals surface area (Å²) in [4.78, 5) is 15.8. The maximum atomic E-state index is 11.5. The molecule has 0 bridgehead atoms. The smallest absolute Gasteiger partial charge is 0.109 e. The summed E-state index contributed by atoms with van der Waals surface area (Å²) in [6.07, 6.45) is 4.83. The van der Waals surface area contributed by atoms with Gasteiger partial charge in [0.2, 0.25) is 0 Å². The number of nitroso groups, excluding NO2 is 1. The number of hydrazine groups is 1. The van der Waals surface area contributed by atoms with Gasteiger partial charge in [-0.05, 0) is 49.1 Å². The van der Waals surface area contributed by atoms with Crippen molar-refractivity contribution in [1.29, 1.82) is 0 Å². The van der Waals surface area contributed by atoms with Crippen LogP contribution in [0.15, 0.2) is 76.9 Å². The molecular formula is C24H32N4O. The highest BCUT2D eigenvalue weighted by Gasteiger charge is 2.21. The predicted octanol–water partition coefficient (Wildman–Crippen LogP) is 4.63. The zero-order valence-corrected chi connectivity index (χ0v) is 17.9. The zero-order chi connectivity index (χ0) is 21.1. The largest absolute Gasteiger partial charge is 0.288 e. The standard InChI is InChI=1S/C24H32N4O/c1-5-9-23(25-3)22-14-12-21(13-15-22)17-28(26-4)18-24(27-29)19(2)16-20-10-7-6-8-11-20/h5-15,19,24,26H,16-18H2,1-4H3. The Kier molecular flexibility index (Phi) is 9.41.